The molecule has 0 aromatic carbocycles. The fraction of sp³-hybridized carbons (Fsp3) is 0.957. The molecule has 0 bridgehead atoms. The van der Waals surface area contributed by atoms with Gasteiger partial charge in [-0.3, -0.25) is 4.79 Å². The largest absolute Gasteiger partial charge is 0.365 e. The minimum absolute atomic E-state index is 0.0364. The molecule has 4 nitrogen and oxygen atoms in total. The normalized spacial score (nSPS) is 51.9. The van der Waals surface area contributed by atoms with Crippen LogP contribution in [0.4, 0.5) is 0 Å². The first-order valence-electron chi connectivity index (χ1n) is 11.1. The molecule has 0 aromatic heterocycles. The zero-order chi connectivity index (χ0) is 19.7. The van der Waals surface area contributed by atoms with Gasteiger partial charge in [0.05, 0.1) is 17.8 Å². The molecule has 4 rings (SSSR count). The Hall–Kier alpha value is -0.450. The van der Waals surface area contributed by atoms with Crippen molar-refractivity contribution in [3.8, 4) is 0 Å². The van der Waals surface area contributed by atoms with Crippen molar-refractivity contribution in [3.05, 3.63) is 0 Å². The summed E-state index contributed by atoms with van der Waals surface area (Å²) >= 11 is 0. The average molecular weight is 379 g/mol. The minimum Gasteiger partial charge on any atom is -0.365 e. The van der Waals surface area contributed by atoms with Crippen LogP contribution in [-0.4, -0.2) is 36.5 Å². The van der Waals surface area contributed by atoms with Crippen LogP contribution in [0.2, 0.25) is 0 Å². The molecule has 0 N–H and O–H groups in total. The van der Waals surface area contributed by atoms with Gasteiger partial charge >= 0.3 is 0 Å². The van der Waals surface area contributed by atoms with Gasteiger partial charge in [0.25, 0.3) is 0 Å². The lowest BCUT2D eigenvalue weighted by atomic mass is 9.41. The van der Waals surface area contributed by atoms with E-state index in [4.69, 9.17) is 14.2 Å². The van der Waals surface area contributed by atoms with E-state index in [9.17, 15) is 4.79 Å². The number of ketones is 1. The van der Waals surface area contributed by atoms with Crippen LogP contribution in [0.1, 0.15) is 80.1 Å². The van der Waals surface area contributed by atoms with Gasteiger partial charge in [-0.2, -0.15) is 0 Å². The molecule has 0 aromatic rings. The molecule has 2 aliphatic carbocycles. The first kappa shape index (κ1) is 19.8. The van der Waals surface area contributed by atoms with Gasteiger partial charge < -0.3 is 14.2 Å². The molecule has 27 heavy (non-hydrogen) atoms. The average Bonchev–Trinajstić information content (AvgIpc) is 3.17. The van der Waals surface area contributed by atoms with Crippen molar-refractivity contribution >= 4 is 5.78 Å². The standard InChI is InChI=1S/C23H38O4/c1-7-25-17-13-22(14-26-17)11-12-23(27-22)16(3)18(24)15(2)19-20(4,5)9-8-10-21(19,23)6/h15-17,19H,7-14H2,1-6H3. The Balaban J connectivity index is 1.72. The fourth-order valence-electron chi connectivity index (χ4n) is 7.88. The van der Waals surface area contributed by atoms with Crippen molar-refractivity contribution in [2.75, 3.05) is 13.2 Å². The quantitative estimate of drug-likeness (QED) is 0.696. The summed E-state index contributed by atoms with van der Waals surface area (Å²) in [5.41, 5.74) is -0.420. The summed E-state index contributed by atoms with van der Waals surface area (Å²) in [4.78, 5) is 13.4. The molecule has 2 saturated carbocycles. The highest BCUT2D eigenvalue weighted by atomic mass is 16.7. The van der Waals surface area contributed by atoms with Crippen LogP contribution in [0.25, 0.3) is 0 Å². The van der Waals surface area contributed by atoms with Crippen molar-refractivity contribution in [1.29, 1.82) is 0 Å². The van der Waals surface area contributed by atoms with E-state index in [1.807, 2.05) is 6.92 Å². The van der Waals surface area contributed by atoms with Gasteiger partial charge in [0.1, 0.15) is 5.78 Å². The molecule has 2 saturated heterocycles. The Morgan fingerprint density at radius 3 is 2.56 bits per heavy atom. The zero-order valence-corrected chi connectivity index (χ0v) is 18.1. The van der Waals surface area contributed by atoms with Crippen LogP contribution < -0.4 is 0 Å². The fourth-order valence-corrected chi connectivity index (χ4v) is 7.88. The van der Waals surface area contributed by atoms with E-state index < -0.39 is 0 Å². The molecule has 0 radical (unpaired) electrons. The molecule has 7 atom stereocenters. The lowest BCUT2D eigenvalue weighted by Crippen LogP contribution is -2.68. The topological polar surface area (TPSA) is 44.8 Å². The van der Waals surface area contributed by atoms with Gasteiger partial charge in [-0.1, -0.05) is 41.0 Å². The number of carbonyl (C=O) groups is 1. The van der Waals surface area contributed by atoms with Crippen LogP contribution in [0.15, 0.2) is 0 Å². The van der Waals surface area contributed by atoms with Gasteiger partial charge in [-0.05, 0) is 43.9 Å². The molecule has 2 aliphatic heterocycles. The summed E-state index contributed by atoms with van der Waals surface area (Å²) in [6.45, 7) is 14.8. The second-order valence-corrected chi connectivity index (χ2v) is 10.7. The summed E-state index contributed by atoms with van der Waals surface area (Å²) in [5, 5.41) is 0. The third-order valence-electron chi connectivity index (χ3n) is 8.86. The van der Waals surface area contributed by atoms with Crippen molar-refractivity contribution in [1.82, 2.24) is 0 Å². The van der Waals surface area contributed by atoms with E-state index in [-0.39, 0.29) is 40.2 Å². The highest BCUT2D eigenvalue weighted by Gasteiger charge is 2.71. The monoisotopic (exact) mass is 378 g/mol. The van der Waals surface area contributed by atoms with E-state index >= 15 is 0 Å². The van der Waals surface area contributed by atoms with Crippen LogP contribution >= 0.6 is 0 Å². The molecule has 154 valence electrons. The predicted molar refractivity (Wildman–Crippen MR) is 104 cm³/mol. The summed E-state index contributed by atoms with van der Waals surface area (Å²) in [7, 11) is 0. The van der Waals surface area contributed by atoms with Crippen molar-refractivity contribution in [2.24, 2.45) is 28.6 Å². The Kier molecular flexibility index (Phi) is 4.61. The number of ether oxygens (including phenoxy) is 3. The molecular weight excluding hydrogens is 340 g/mol. The second-order valence-electron chi connectivity index (χ2n) is 10.7. The number of hydrogen-bond acceptors (Lipinski definition) is 4. The maximum Gasteiger partial charge on any atom is 0.160 e. The number of Topliss-reactive ketones (excluding diaryl/α,β-unsaturated/α-hetero) is 1. The van der Waals surface area contributed by atoms with Gasteiger partial charge in [-0.15, -0.1) is 0 Å². The summed E-state index contributed by atoms with van der Waals surface area (Å²) in [6.07, 6.45) is 6.17. The van der Waals surface area contributed by atoms with E-state index in [2.05, 4.69) is 34.6 Å². The Morgan fingerprint density at radius 2 is 1.85 bits per heavy atom. The van der Waals surface area contributed by atoms with Crippen LogP contribution in [0.5, 0.6) is 0 Å². The minimum atomic E-state index is -0.358. The van der Waals surface area contributed by atoms with Gasteiger partial charge in [0, 0.05) is 30.3 Å². The Morgan fingerprint density at radius 1 is 1.11 bits per heavy atom. The Labute approximate surface area is 164 Å². The third-order valence-corrected chi connectivity index (χ3v) is 8.86. The van der Waals surface area contributed by atoms with E-state index in [0.717, 1.165) is 25.7 Å². The van der Waals surface area contributed by atoms with Crippen molar-refractivity contribution in [2.45, 2.75) is 97.6 Å². The summed E-state index contributed by atoms with van der Waals surface area (Å²) in [5.74, 6) is 0.850. The van der Waals surface area contributed by atoms with Gasteiger partial charge in [0.15, 0.2) is 6.29 Å². The molecule has 4 aliphatic rings. The predicted octanol–water partition coefficient (Wildman–Crippen LogP) is 4.74. The first-order chi connectivity index (χ1) is 12.6. The second kappa shape index (κ2) is 6.27. The zero-order valence-electron chi connectivity index (χ0n) is 18.1. The van der Waals surface area contributed by atoms with Gasteiger partial charge in [0.2, 0.25) is 0 Å². The molecule has 2 spiro atoms. The number of fused-ring (bicyclic) bond motifs is 2. The smallest absolute Gasteiger partial charge is 0.160 e. The maximum atomic E-state index is 13.4. The van der Waals surface area contributed by atoms with Crippen LogP contribution in [0, 0.1) is 28.6 Å². The van der Waals surface area contributed by atoms with E-state index in [1.54, 1.807) is 0 Å². The first-order valence-corrected chi connectivity index (χ1v) is 11.1. The van der Waals surface area contributed by atoms with Crippen molar-refractivity contribution in [3.63, 3.8) is 0 Å². The van der Waals surface area contributed by atoms with Gasteiger partial charge in [-0.25, -0.2) is 0 Å². The number of rotatable bonds is 2. The van der Waals surface area contributed by atoms with E-state index in [0.29, 0.717) is 24.9 Å². The number of hydrogen-bond donors (Lipinski definition) is 0. The van der Waals surface area contributed by atoms with E-state index in [1.165, 1.54) is 12.8 Å². The molecule has 0 amide bonds. The third kappa shape index (κ3) is 2.62. The maximum absolute atomic E-state index is 13.4. The summed E-state index contributed by atoms with van der Waals surface area (Å²) in [6, 6.07) is 0. The molecular formula is C23H38O4. The van der Waals surface area contributed by atoms with Crippen molar-refractivity contribution < 1.29 is 19.0 Å². The highest BCUT2D eigenvalue weighted by Crippen LogP contribution is 2.68. The molecule has 7 unspecified atom stereocenters. The lowest BCUT2D eigenvalue weighted by Gasteiger charge is -2.65. The van der Waals surface area contributed by atoms with Crippen LogP contribution in [-0.2, 0) is 19.0 Å². The Bertz CT molecular complexity index is 615. The highest BCUT2D eigenvalue weighted by molar-refractivity contribution is 5.86. The van der Waals surface area contributed by atoms with Crippen LogP contribution in [0.3, 0.4) is 0 Å². The number of carbonyl (C=O) groups excluding carboxylic acids is 1. The molecule has 4 heteroatoms. The lowest BCUT2D eigenvalue weighted by molar-refractivity contribution is -0.248. The molecule has 4 fully saturated rings. The molecule has 2 heterocycles. The summed E-state index contributed by atoms with van der Waals surface area (Å²) < 4.78 is 18.7. The SMILES string of the molecule is CCOC1CC2(CCC3(O2)C(C)C(=O)C(C)C2C(C)(C)CCCC23C)CO1.